The highest BCUT2D eigenvalue weighted by Gasteiger charge is 2.63. The van der Waals surface area contributed by atoms with E-state index in [9.17, 15) is 9.59 Å². The Bertz CT molecular complexity index is 795. The molecule has 5 rings (SSSR count). The number of rotatable bonds is 5. The van der Waals surface area contributed by atoms with E-state index in [0.29, 0.717) is 0 Å². The average Bonchev–Trinajstić information content (AvgIpc) is 3.17. The Balaban J connectivity index is 1.29. The first kappa shape index (κ1) is 25.1. The second-order valence-corrected chi connectivity index (χ2v) is 10.6. The second-order valence-electron chi connectivity index (χ2n) is 10.6. The summed E-state index contributed by atoms with van der Waals surface area (Å²) in [6.07, 6.45) is 9.83. The summed E-state index contributed by atoms with van der Waals surface area (Å²) in [6, 6.07) is 0. The molecule has 0 amide bonds. The maximum atomic E-state index is 12.2. The summed E-state index contributed by atoms with van der Waals surface area (Å²) in [5.74, 6) is -2.60. The van der Waals surface area contributed by atoms with Gasteiger partial charge in [-0.2, -0.15) is 0 Å². The van der Waals surface area contributed by atoms with Crippen molar-refractivity contribution in [2.75, 3.05) is 13.2 Å². The quantitative estimate of drug-likeness (QED) is 0.419. The van der Waals surface area contributed by atoms with Crippen LogP contribution in [0.25, 0.3) is 0 Å². The highest BCUT2D eigenvalue weighted by Crippen LogP contribution is 2.50. The Hall–Kier alpha value is -1.52. The fraction of sp³-hybridized carbons (Fsp3) is 0.846. The number of ether oxygens (including phenoxy) is 7. The zero-order valence-electron chi connectivity index (χ0n) is 20.7. The van der Waals surface area contributed by atoms with E-state index < -0.39 is 48.6 Å². The number of hydrogen-bond donors (Lipinski definition) is 0. The highest BCUT2D eigenvalue weighted by atomic mass is 16.9. The molecule has 0 unspecified atom stereocenters. The summed E-state index contributed by atoms with van der Waals surface area (Å²) in [5, 5.41) is 0. The minimum absolute atomic E-state index is 0.0519. The smallest absolute Gasteiger partial charge is 0.344 e. The molecule has 0 radical (unpaired) electrons. The van der Waals surface area contributed by atoms with Gasteiger partial charge in [-0.15, -0.1) is 0 Å². The summed E-state index contributed by atoms with van der Waals surface area (Å²) < 4.78 is 42.9. The van der Waals surface area contributed by atoms with Gasteiger partial charge in [0.15, 0.2) is 24.5 Å². The fourth-order valence-electron chi connectivity index (χ4n) is 5.99. The molecule has 3 heterocycles. The molecule has 3 saturated heterocycles. The van der Waals surface area contributed by atoms with Gasteiger partial charge in [0, 0.05) is 31.3 Å². The van der Waals surface area contributed by atoms with Crippen LogP contribution in [0.1, 0.15) is 84.0 Å². The molecule has 9 nitrogen and oxygen atoms in total. The zero-order chi connectivity index (χ0) is 24.5. The maximum absolute atomic E-state index is 12.2. The van der Waals surface area contributed by atoms with Gasteiger partial charge in [0.1, 0.15) is 31.0 Å². The molecule has 0 aromatic heterocycles. The first-order valence-corrected chi connectivity index (χ1v) is 13.2. The van der Waals surface area contributed by atoms with Gasteiger partial charge in [0.2, 0.25) is 0 Å². The number of carbonyl (C=O) groups excluding carboxylic acids is 2. The Labute approximate surface area is 206 Å². The van der Waals surface area contributed by atoms with Crippen molar-refractivity contribution in [1.29, 1.82) is 0 Å². The lowest BCUT2D eigenvalue weighted by Gasteiger charge is -2.36. The molecule has 5 aliphatic rings. The van der Waals surface area contributed by atoms with Crippen molar-refractivity contribution in [3.8, 4) is 0 Å². The van der Waals surface area contributed by atoms with Crippen LogP contribution in [0.5, 0.6) is 0 Å². The van der Waals surface area contributed by atoms with Crippen LogP contribution in [-0.2, 0) is 42.7 Å². The van der Waals surface area contributed by atoms with Crippen LogP contribution in [-0.4, -0.2) is 67.4 Å². The summed E-state index contributed by atoms with van der Waals surface area (Å²) >= 11 is 0. The number of fused-ring (bicyclic) bond motifs is 3. The monoisotopic (exact) mass is 494 g/mol. The molecular weight excluding hydrogens is 456 g/mol. The molecule has 3 aliphatic heterocycles. The third-order valence-corrected chi connectivity index (χ3v) is 7.78. The molecule has 5 fully saturated rings. The number of carbonyl (C=O) groups is 2. The van der Waals surface area contributed by atoms with Crippen LogP contribution in [0.4, 0.5) is 0 Å². The second kappa shape index (κ2) is 10.5. The largest absolute Gasteiger partial charge is 0.460 e. The van der Waals surface area contributed by atoms with Crippen molar-refractivity contribution in [1.82, 2.24) is 0 Å². The van der Waals surface area contributed by atoms with E-state index in [1.54, 1.807) is 0 Å². The van der Waals surface area contributed by atoms with E-state index in [2.05, 4.69) is 6.58 Å². The summed E-state index contributed by atoms with van der Waals surface area (Å²) in [5.41, 5.74) is 0.221. The van der Waals surface area contributed by atoms with Gasteiger partial charge < -0.3 is 33.2 Å². The van der Waals surface area contributed by atoms with E-state index in [1.807, 2.05) is 0 Å². The van der Waals surface area contributed by atoms with E-state index in [1.165, 1.54) is 32.6 Å². The van der Waals surface area contributed by atoms with E-state index in [4.69, 9.17) is 33.2 Å². The topological polar surface area (TPSA) is 98.8 Å². The van der Waals surface area contributed by atoms with Gasteiger partial charge in [-0.25, -0.2) is 9.59 Å². The van der Waals surface area contributed by atoms with Crippen molar-refractivity contribution in [2.45, 2.75) is 126 Å². The van der Waals surface area contributed by atoms with Gasteiger partial charge >= 0.3 is 11.9 Å². The molecule has 0 aromatic rings. The summed E-state index contributed by atoms with van der Waals surface area (Å²) in [7, 11) is 0. The molecule has 9 heteroatoms. The van der Waals surface area contributed by atoms with Gasteiger partial charge in [-0.05, 0) is 32.6 Å². The van der Waals surface area contributed by atoms with E-state index >= 15 is 0 Å². The van der Waals surface area contributed by atoms with Crippen molar-refractivity contribution in [3.05, 3.63) is 12.2 Å². The van der Waals surface area contributed by atoms with Crippen LogP contribution in [0.3, 0.4) is 0 Å². The average molecular weight is 495 g/mol. The normalized spacial score (nSPS) is 35.5. The SMILES string of the molecule is C=C(C)C(=O)OCC(=O)OC[C@H]1O[C@H]2OC3(CCCCCC3)O[C@@H]2[C@H]2OC3(CCCCCC3)O[C@H]21. The zero-order valence-corrected chi connectivity index (χ0v) is 20.7. The van der Waals surface area contributed by atoms with E-state index in [0.717, 1.165) is 51.4 Å². The third kappa shape index (κ3) is 5.44. The first-order chi connectivity index (χ1) is 16.9. The van der Waals surface area contributed by atoms with Gasteiger partial charge in [-0.3, -0.25) is 0 Å². The lowest BCUT2D eigenvalue weighted by molar-refractivity contribution is -0.252. The molecule has 196 valence electrons. The Morgan fingerprint density at radius 3 is 1.91 bits per heavy atom. The Morgan fingerprint density at radius 1 is 0.771 bits per heavy atom. The van der Waals surface area contributed by atoms with Crippen LogP contribution in [0.2, 0.25) is 0 Å². The van der Waals surface area contributed by atoms with Crippen molar-refractivity contribution in [2.24, 2.45) is 0 Å². The lowest BCUT2D eigenvalue weighted by Crippen LogP contribution is -2.56. The summed E-state index contributed by atoms with van der Waals surface area (Å²) in [4.78, 5) is 23.8. The van der Waals surface area contributed by atoms with Crippen molar-refractivity contribution < 1.29 is 42.7 Å². The standard InChI is InChI=1S/C26H38O9/c1-17(2)23(28)30-16-19(27)29-15-18-20-21(33-25(32-20)11-7-3-4-8-12-25)22-24(31-18)35-26(34-22)13-9-5-6-10-14-26/h18,20-22,24H,1,3-16H2,2H3/t18-,20+,21+,22-,24+/m1/s1. The molecule has 2 spiro atoms. The maximum Gasteiger partial charge on any atom is 0.344 e. The molecule has 0 aromatic carbocycles. The van der Waals surface area contributed by atoms with Crippen LogP contribution in [0.15, 0.2) is 12.2 Å². The van der Waals surface area contributed by atoms with Crippen molar-refractivity contribution >= 4 is 11.9 Å². The van der Waals surface area contributed by atoms with Crippen LogP contribution >= 0.6 is 0 Å². The predicted octanol–water partition coefficient (Wildman–Crippen LogP) is 3.67. The Kier molecular flexibility index (Phi) is 7.51. The van der Waals surface area contributed by atoms with E-state index in [-0.39, 0.29) is 24.4 Å². The fourth-order valence-corrected chi connectivity index (χ4v) is 5.99. The lowest BCUT2D eigenvalue weighted by atomic mass is 9.99. The van der Waals surface area contributed by atoms with Gasteiger partial charge in [0.05, 0.1) is 0 Å². The number of esters is 2. The van der Waals surface area contributed by atoms with Crippen LogP contribution < -0.4 is 0 Å². The van der Waals surface area contributed by atoms with Crippen LogP contribution in [0, 0.1) is 0 Å². The van der Waals surface area contributed by atoms with Gasteiger partial charge in [0.25, 0.3) is 0 Å². The predicted molar refractivity (Wildman–Crippen MR) is 122 cm³/mol. The first-order valence-electron chi connectivity index (χ1n) is 13.2. The molecule has 5 atom stereocenters. The van der Waals surface area contributed by atoms with Gasteiger partial charge in [-0.1, -0.05) is 32.3 Å². The minimum atomic E-state index is -0.661. The highest BCUT2D eigenvalue weighted by molar-refractivity contribution is 5.88. The molecular formula is C26H38O9. The summed E-state index contributed by atoms with van der Waals surface area (Å²) in [6.45, 7) is 4.49. The number of hydrogen-bond acceptors (Lipinski definition) is 9. The molecule has 0 bridgehead atoms. The third-order valence-electron chi connectivity index (χ3n) is 7.78. The Morgan fingerprint density at radius 2 is 1.31 bits per heavy atom. The molecule has 2 aliphatic carbocycles. The molecule has 35 heavy (non-hydrogen) atoms. The minimum Gasteiger partial charge on any atom is -0.460 e. The molecule has 2 saturated carbocycles. The molecule has 0 N–H and O–H groups in total. The van der Waals surface area contributed by atoms with Crippen molar-refractivity contribution in [3.63, 3.8) is 0 Å².